The van der Waals surface area contributed by atoms with Crippen LogP contribution < -0.4 is 16.0 Å². The van der Waals surface area contributed by atoms with Gasteiger partial charge in [0.15, 0.2) is 5.54 Å². The largest absolute Gasteiger partial charge is 0.416 e. The Morgan fingerprint density at radius 3 is 2.32 bits per heavy atom. The molecule has 3 aromatic rings. The molecule has 3 N–H and O–H groups in total. The van der Waals surface area contributed by atoms with Crippen LogP contribution in [0.15, 0.2) is 48.5 Å². The van der Waals surface area contributed by atoms with E-state index in [9.17, 15) is 27.6 Å². The van der Waals surface area contributed by atoms with E-state index in [1.165, 1.54) is 29.5 Å². The van der Waals surface area contributed by atoms with Gasteiger partial charge in [-0.3, -0.25) is 14.9 Å². The van der Waals surface area contributed by atoms with Crippen LogP contribution in [0.1, 0.15) is 31.5 Å². The molecule has 1 aromatic heterocycles. The molecule has 2 heterocycles. The number of thiazole rings is 1. The maximum Gasteiger partial charge on any atom is 0.416 e. The van der Waals surface area contributed by atoms with E-state index >= 15 is 0 Å². The van der Waals surface area contributed by atoms with Gasteiger partial charge in [0.25, 0.3) is 11.8 Å². The SMILES string of the molecule is Cc1nc(C2(CNC(=O)c3ccccc3-c3ccc(C(F)(F)F)cc3)NC(=O)NC2=O)c(C)s1. The zero-order valence-electron chi connectivity index (χ0n) is 18.0. The van der Waals surface area contributed by atoms with Gasteiger partial charge in [-0.1, -0.05) is 30.3 Å². The molecule has 1 saturated heterocycles. The Balaban J connectivity index is 1.63. The Kier molecular flexibility index (Phi) is 5.90. The normalized spacial score (nSPS) is 17.9. The molecule has 2 aromatic carbocycles. The van der Waals surface area contributed by atoms with E-state index in [4.69, 9.17) is 0 Å². The minimum absolute atomic E-state index is 0.202. The van der Waals surface area contributed by atoms with Crippen molar-refractivity contribution in [2.45, 2.75) is 25.6 Å². The van der Waals surface area contributed by atoms with Crippen LogP contribution in [0.25, 0.3) is 11.1 Å². The van der Waals surface area contributed by atoms with Crippen LogP contribution in [0.4, 0.5) is 18.0 Å². The van der Waals surface area contributed by atoms with Gasteiger partial charge in [0.2, 0.25) is 0 Å². The average molecular weight is 488 g/mol. The van der Waals surface area contributed by atoms with E-state index in [2.05, 4.69) is 20.9 Å². The third-order valence-electron chi connectivity index (χ3n) is 5.46. The molecule has 1 atom stereocenters. The van der Waals surface area contributed by atoms with E-state index in [-0.39, 0.29) is 12.1 Å². The number of imide groups is 1. The second-order valence-corrected chi connectivity index (χ2v) is 9.16. The molecule has 0 spiro atoms. The number of hydrogen-bond acceptors (Lipinski definition) is 5. The number of nitrogens with one attached hydrogen (secondary N) is 3. The molecule has 4 rings (SSSR count). The highest BCUT2D eigenvalue weighted by atomic mass is 32.1. The summed E-state index contributed by atoms with van der Waals surface area (Å²) in [6, 6.07) is 10.2. The molecule has 4 amide bonds. The molecule has 11 heteroatoms. The Labute approximate surface area is 196 Å². The highest BCUT2D eigenvalue weighted by molar-refractivity contribution is 7.11. The third kappa shape index (κ3) is 4.26. The van der Waals surface area contributed by atoms with Gasteiger partial charge in [0.1, 0.15) is 0 Å². The topological polar surface area (TPSA) is 100 Å². The molecule has 0 bridgehead atoms. The number of benzene rings is 2. The lowest BCUT2D eigenvalue weighted by Crippen LogP contribution is -2.53. The van der Waals surface area contributed by atoms with E-state index in [1.807, 2.05) is 0 Å². The molecule has 0 saturated carbocycles. The van der Waals surface area contributed by atoms with Crippen molar-refractivity contribution in [3.8, 4) is 11.1 Å². The lowest BCUT2D eigenvalue weighted by molar-refractivity contribution is -0.137. The highest BCUT2D eigenvalue weighted by Gasteiger charge is 2.50. The van der Waals surface area contributed by atoms with Crippen molar-refractivity contribution in [1.82, 2.24) is 20.9 Å². The fourth-order valence-electron chi connectivity index (χ4n) is 3.87. The van der Waals surface area contributed by atoms with Crippen molar-refractivity contribution in [2.75, 3.05) is 6.54 Å². The summed E-state index contributed by atoms with van der Waals surface area (Å²) in [5.41, 5.74) is -0.986. The minimum Gasteiger partial charge on any atom is -0.349 e. The zero-order valence-corrected chi connectivity index (χ0v) is 18.9. The van der Waals surface area contributed by atoms with Crippen LogP contribution in [0.3, 0.4) is 0 Å². The van der Waals surface area contributed by atoms with Gasteiger partial charge in [-0.2, -0.15) is 13.2 Å². The number of hydrogen-bond donors (Lipinski definition) is 3. The lowest BCUT2D eigenvalue weighted by atomic mass is 9.93. The molecule has 1 aliphatic rings. The monoisotopic (exact) mass is 488 g/mol. The smallest absolute Gasteiger partial charge is 0.349 e. The number of rotatable bonds is 5. The molecule has 176 valence electrons. The summed E-state index contributed by atoms with van der Waals surface area (Å²) < 4.78 is 38.7. The molecule has 0 radical (unpaired) electrons. The summed E-state index contributed by atoms with van der Waals surface area (Å²) in [5, 5.41) is 8.16. The van der Waals surface area contributed by atoms with Crippen LogP contribution in [0.2, 0.25) is 0 Å². The summed E-state index contributed by atoms with van der Waals surface area (Å²) in [5.74, 6) is -1.20. The fourth-order valence-corrected chi connectivity index (χ4v) is 4.77. The third-order valence-corrected chi connectivity index (χ3v) is 6.34. The Morgan fingerprint density at radius 2 is 1.76 bits per heavy atom. The first kappa shape index (κ1) is 23.4. The highest BCUT2D eigenvalue weighted by Crippen LogP contribution is 2.33. The number of halogens is 3. The molecule has 7 nitrogen and oxygen atoms in total. The Bertz CT molecular complexity index is 1290. The summed E-state index contributed by atoms with van der Waals surface area (Å²) in [7, 11) is 0. The zero-order chi connectivity index (χ0) is 24.7. The quantitative estimate of drug-likeness (QED) is 0.474. The van der Waals surface area contributed by atoms with Crippen LogP contribution >= 0.6 is 11.3 Å². The molecule has 1 fully saturated rings. The molecule has 1 unspecified atom stereocenters. The van der Waals surface area contributed by atoms with Crippen LogP contribution in [-0.2, 0) is 16.5 Å². The number of urea groups is 1. The predicted octanol–water partition coefficient (Wildman–Crippen LogP) is 3.91. The van der Waals surface area contributed by atoms with E-state index in [0.29, 0.717) is 26.7 Å². The van der Waals surface area contributed by atoms with Gasteiger partial charge in [0, 0.05) is 10.4 Å². The maximum absolute atomic E-state index is 13.1. The van der Waals surface area contributed by atoms with Crippen molar-refractivity contribution < 1.29 is 27.6 Å². The van der Waals surface area contributed by atoms with Crippen LogP contribution in [-0.4, -0.2) is 29.4 Å². The Hall–Kier alpha value is -3.73. The van der Waals surface area contributed by atoms with E-state index in [1.54, 1.807) is 32.0 Å². The maximum atomic E-state index is 13.1. The van der Waals surface area contributed by atoms with Gasteiger partial charge in [-0.25, -0.2) is 9.78 Å². The van der Waals surface area contributed by atoms with Gasteiger partial charge < -0.3 is 10.6 Å². The van der Waals surface area contributed by atoms with Gasteiger partial charge in [-0.15, -0.1) is 11.3 Å². The molecular formula is C23H19F3N4O3S. The number of amides is 4. The average Bonchev–Trinajstić information content (AvgIpc) is 3.28. The van der Waals surface area contributed by atoms with Crippen LogP contribution in [0, 0.1) is 13.8 Å². The number of aromatic nitrogens is 1. The van der Waals surface area contributed by atoms with Crippen LogP contribution in [0.5, 0.6) is 0 Å². The number of carbonyl (C=O) groups is 3. The Morgan fingerprint density at radius 1 is 1.09 bits per heavy atom. The first-order valence-corrected chi connectivity index (χ1v) is 11.0. The van der Waals surface area contributed by atoms with Crippen molar-refractivity contribution in [3.63, 3.8) is 0 Å². The first-order chi connectivity index (χ1) is 16.0. The number of nitrogens with zero attached hydrogens (tertiary/aromatic N) is 1. The summed E-state index contributed by atoms with van der Waals surface area (Å²) >= 11 is 1.36. The predicted molar refractivity (Wildman–Crippen MR) is 119 cm³/mol. The lowest BCUT2D eigenvalue weighted by Gasteiger charge is -2.25. The standard InChI is InChI=1S/C23H19F3N4O3S/c1-12-18(28-13(2)34-12)22(20(32)29-21(33)30-22)11-27-19(31)17-6-4-3-5-16(17)14-7-9-15(10-8-14)23(24,25)26/h3-10H,11H2,1-2H3,(H,27,31)(H2,29,30,32,33). The van der Waals surface area contributed by atoms with Crippen molar-refractivity contribution in [2.24, 2.45) is 0 Å². The molecular weight excluding hydrogens is 469 g/mol. The van der Waals surface area contributed by atoms with E-state index < -0.39 is 35.1 Å². The number of aryl methyl sites for hydroxylation is 2. The molecule has 34 heavy (non-hydrogen) atoms. The molecule has 1 aliphatic heterocycles. The van der Waals surface area contributed by atoms with E-state index in [0.717, 1.165) is 12.1 Å². The number of alkyl halides is 3. The second-order valence-electron chi connectivity index (χ2n) is 7.75. The van der Waals surface area contributed by atoms with Crippen molar-refractivity contribution in [3.05, 3.63) is 75.2 Å². The number of carbonyl (C=O) groups excluding carboxylic acids is 3. The van der Waals surface area contributed by atoms with Gasteiger partial charge >= 0.3 is 12.2 Å². The summed E-state index contributed by atoms with van der Waals surface area (Å²) in [6.07, 6.45) is -4.47. The minimum atomic E-state index is -4.47. The summed E-state index contributed by atoms with van der Waals surface area (Å²) in [4.78, 5) is 42.9. The van der Waals surface area contributed by atoms with Crippen molar-refractivity contribution >= 4 is 29.2 Å². The van der Waals surface area contributed by atoms with Crippen molar-refractivity contribution in [1.29, 1.82) is 0 Å². The van der Waals surface area contributed by atoms with Gasteiger partial charge in [-0.05, 0) is 43.2 Å². The second kappa shape index (κ2) is 8.56. The first-order valence-electron chi connectivity index (χ1n) is 10.1. The van der Waals surface area contributed by atoms with Gasteiger partial charge in [0.05, 0.1) is 22.8 Å². The summed E-state index contributed by atoms with van der Waals surface area (Å²) in [6.45, 7) is 3.26. The fraction of sp³-hybridized carbons (Fsp3) is 0.217. The molecule has 0 aliphatic carbocycles.